The lowest BCUT2D eigenvalue weighted by Crippen LogP contribution is -2.60. The molecule has 0 radical (unpaired) electrons. The Morgan fingerprint density at radius 1 is 1.41 bits per heavy atom. The van der Waals surface area contributed by atoms with Crippen LogP contribution in [0.3, 0.4) is 0 Å². The van der Waals surface area contributed by atoms with Gasteiger partial charge in [-0.15, -0.1) is 0 Å². The number of nitrogens with zero attached hydrogens (tertiary/aromatic N) is 2. The lowest BCUT2D eigenvalue weighted by atomic mass is 10.0. The highest BCUT2D eigenvalue weighted by Gasteiger charge is 2.33. The molecule has 1 atom stereocenters. The molecule has 98 valence electrons. The van der Waals surface area contributed by atoms with Gasteiger partial charge in [-0.1, -0.05) is 13.8 Å². The fraction of sp³-hybridized carbons (Fsp3) is 0.833. The quantitative estimate of drug-likeness (QED) is 0.732. The highest BCUT2D eigenvalue weighted by molar-refractivity contribution is 5.94. The zero-order chi connectivity index (χ0) is 13.0. The molecule has 0 aromatic carbocycles. The van der Waals surface area contributed by atoms with E-state index in [1.165, 1.54) is 0 Å². The summed E-state index contributed by atoms with van der Waals surface area (Å²) in [5.41, 5.74) is 0. The predicted molar refractivity (Wildman–Crippen MR) is 66.5 cm³/mol. The fourth-order valence-corrected chi connectivity index (χ4v) is 1.95. The predicted octanol–water partition coefficient (Wildman–Crippen LogP) is -0.0789. The third-order valence-corrected chi connectivity index (χ3v) is 2.93. The molecule has 0 bridgehead atoms. The average molecular weight is 241 g/mol. The van der Waals surface area contributed by atoms with Crippen LogP contribution in [0.5, 0.6) is 0 Å². The molecule has 0 saturated carbocycles. The number of hydrogen-bond acceptors (Lipinski definition) is 3. The second kappa shape index (κ2) is 6.00. The van der Waals surface area contributed by atoms with Crippen molar-refractivity contribution in [2.75, 3.05) is 33.7 Å². The molecule has 1 N–H and O–H groups in total. The minimum atomic E-state index is -0.351. The second-order valence-corrected chi connectivity index (χ2v) is 5.21. The van der Waals surface area contributed by atoms with E-state index in [1.54, 1.807) is 4.90 Å². The topological polar surface area (TPSA) is 52.7 Å². The number of carbonyl (C=O) groups excluding carboxylic acids is 2. The van der Waals surface area contributed by atoms with Crippen LogP contribution in [-0.4, -0.2) is 61.4 Å². The molecule has 1 fully saturated rings. The van der Waals surface area contributed by atoms with Gasteiger partial charge in [0.05, 0.1) is 6.54 Å². The van der Waals surface area contributed by atoms with Crippen LogP contribution in [0.15, 0.2) is 0 Å². The molecule has 2 amide bonds. The van der Waals surface area contributed by atoms with E-state index in [-0.39, 0.29) is 30.3 Å². The summed E-state index contributed by atoms with van der Waals surface area (Å²) in [6.07, 6.45) is 0.900. The van der Waals surface area contributed by atoms with Crippen LogP contribution in [0.1, 0.15) is 20.3 Å². The Hall–Kier alpha value is -1.10. The Bertz CT molecular complexity index is 289. The van der Waals surface area contributed by atoms with Crippen LogP contribution < -0.4 is 5.32 Å². The molecule has 1 heterocycles. The molecule has 0 aromatic heterocycles. The van der Waals surface area contributed by atoms with Gasteiger partial charge < -0.3 is 15.1 Å². The third-order valence-electron chi connectivity index (χ3n) is 2.93. The summed E-state index contributed by atoms with van der Waals surface area (Å²) < 4.78 is 0. The van der Waals surface area contributed by atoms with E-state index in [1.807, 2.05) is 27.9 Å². The molecule has 1 saturated heterocycles. The Kier molecular flexibility index (Phi) is 4.93. The van der Waals surface area contributed by atoms with E-state index in [0.717, 1.165) is 13.0 Å². The Labute approximate surface area is 103 Å². The highest BCUT2D eigenvalue weighted by atomic mass is 16.2. The minimum Gasteiger partial charge on any atom is -0.343 e. The van der Waals surface area contributed by atoms with Crippen molar-refractivity contribution in [3.05, 3.63) is 0 Å². The van der Waals surface area contributed by atoms with Gasteiger partial charge in [0.1, 0.15) is 6.04 Å². The van der Waals surface area contributed by atoms with Crippen molar-refractivity contribution in [1.29, 1.82) is 0 Å². The summed E-state index contributed by atoms with van der Waals surface area (Å²) in [5.74, 6) is 0.148. The van der Waals surface area contributed by atoms with Crippen molar-refractivity contribution in [3.63, 3.8) is 0 Å². The van der Waals surface area contributed by atoms with Gasteiger partial charge in [-0.2, -0.15) is 0 Å². The summed E-state index contributed by atoms with van der Waals surface area (Å²) in [6, 6.07) is -0.351. The largest absolute Gasteiger partial charge is 0.343 e. The third kappa shape index (κ3) is 4.00. The van der Waals surface area contributed by atoms with Crippen molar-refractivity contribution < 1.29 is 9.59 Å². The maximum absolute atomic E-state index is 12.1. The standard InChI is InChI=1S/C12H23N3O2/c1-9(2)11-12(17)15(8-10(16)13-11)7-5-6-14(3)4/h9,11H,5-8H2,1-4H3,(H,13,16). The lowest BCUT2D eigenvalue weighted by Gasteiger charge is -2.34. The van der Waals surface area contributed by atoms with Gasteiger partial charge in [0.25, 0.3) is 0 Å². The first-order valence-corrected chi connectivity index (χ1v) is 6.14. The Morgan fingerprint density at radius 2 is 2.06 bits per heavy atom. The van der Waals surface area contributed by atoms with Gasteiger partial charge in [-0.05, 0) is 33.0 Å². The first kappa shape index (κ1) is 14.0. The summed E-state index contributed by atoms with van der Waals surface area (Å²) in [4.78, 5) is 27.4. The molecule has 0 spiro atoms. The number of hydrogen-bond donors (Lipinski definition) is 1. The SMILES string of the molecule is CC(C)C1NC(=O)CN(CCCN(C)C)C1=O. The van der Waals surface area contributed by atoms with Gasteiger partial charge in [-0.3, -0.25) is 9.59 Å². The van der Waals surface area contributed by atoms with Crippen LogP contribution in [0, 0.1) is 5.92 Å². The van der Waals surface area contributed by atoms with Gasteiger partial charge in [0.15, 0.2) is 0 Å². The molecular weight excluding hydrogens is 218 g/mol. The van der Waals surface area contributed by atoms with E-state index in [9.17, 15) is 9.59 Å². The monoisotopic (exact) mass is 241 g/mol. The van der Waals surface area contributed by atoms with Gasteiger partial charge in [0.2, 0.25) is 11.8 Å². The average Bonchev–Trinajstić information content (AvgIpc) is 2.21. The Balaban J connectivity index is 2.52. The summed E-state index contributed by atoms with van der Waals surface area (Å²) in [6.45, 7) is 5.69. The zero-order valence-corrected chi connectivity index (χ0v) is 11.2. The smallest absolute Gasteiger partial charge is 0.245 e. The number of carbonyl (C=O) groups is 2. The molecule has 1 unspecified atom stereocenters. The van der Waals surface area contributed by atoms with Gasteiger partial charge >= 0.3 is 0 Å². The minimum absolute atomic E-state index is 0.0480. The first-order valence-electron chi connectivity index (χ1n) is 6.14. The number of rotatable bonds is 5. The summed E-state index contributed by atoms with van der Waals surface area (Å²) in [5, 5.41) is 2.75. The molecule has 5 nitrogen and oxygen atoms in total. The van der Waals surface area contributed by atoms with Crippen LogP contribution in [0.4, 0.5) is 0 Å². The molecule has 1 rings (SSSR count). The van der Waals surface area contributed by atoms with Crippen LogP contribution in [-0.2, 0) is 9.59 Å². The van der Waals surface area contributed by atoms with Gasteiger partial charge in [-0.25, -0.2) is 0 Å². The molecule has 0 aliphatic carbocycles. The summed E-state index contributed by atoms with van der Waals surface area (Å²) in [7, 11) is 4.00. The zero-order valence-electron chi connectivity index (χ0n) is 11.2. The van der Waals surface area contributed by atoms with E-state index in [0.29, 0.717) is 6.54 Å². The molecular formula is C12H23N3O2. The highest BCUT2D eigenvalue weighted by Crippen LogP contribution is 2.11. The number of amides is 2. The molecule has 1 aliphatic rings. The van der Waals surface area contributed by atoms with Crippen molar-refractivity contribution >= 4 is 11.8 Å². The summed E-state index contributed by atoms with van der Waals surface area (Å²) >= 11 is 0. The lowest BCUT2D eigenvalue weighted by molar-refractivity contribution is -0.145. The second-order valence-electron chi connectivity index (χ2n) is 5.21. The van der Waals surface area contributed by atoms with E-state index >= 15 is 0 Å². The molecule has 0 aromatic rings. The molecule has 1 aliphatic heterocycles. The normalized spacial score (nSPS) is 21.3. The fourth-order valence-electron chi connectivity index (χ4n) is 1.95. The van der Waals surface area contributed by atoms with Crippen molar-refractivity contribution in [2.45, 2.75) is 26.3 Å². The maximum atomic E-state index is 12.1. The maximum Gasteiger partial charge on any atom is 0.245 e. The van der Waals surface area contributed by atoms with Crippen LogP contribution >= 0.6 is 0 Å². The first-order chi connectivity index (χ1) is 7.91. The van der Waals surface area contributed by atoms with E-state index in [2.05, 4.69) is 10.2 Å². The van der Waals surface area contributed by atoms with E-state index < -0.39 is 0 Å². The Morgan fingerprint density at radius 3 is 2.59 bits per heavy atom. The number of piperazine rings is 1. The van der Waals surface area contributed by atoms with Crippen molar-refractivity contribution in [2.24, 2.45) is 5.92 Å². The van der Waals surface area contributed by atoms with Crippen molar-refractivity contribution in [3.8, 4) is 0 Å². The van der Waals surface area contributed by atoms with Crippen LogP contribution in [0.2, 0.25) is 0 Å². The van der Waals surface area contributed by atoms with E-state index in [4.69, 9.17) is 0 Å². The molecule has 5 heteroatoms. The number of nitrogens with one attached hydrogen (secondary N) is 1. The molecule has 17 heavy (non-hydrogen) atoms. The van der Waals surface area contributed by atoms with Gasteiger partial charge in [0, 0.05) is 6.54 Å². The van der Waals surface area contributed by atoms with Crippen LogP contribution in [0.25, 0.3) is 0 Å². The van der Waals surface area contributed by atoms with Crippen molar-refractivity contribution in [1.82, 2.24) is 15.1 Å².